The van der Waals surface area contributed by atoms with Crippen LogP contribution in [0.15, 0.2) is 24.4 Å². The average Bonchev–Trinajstić information content (AvgIpc) is 3.10. The first-order valence-corrected chi connectivity index (χ1v) is 8.23. The van der Waals surface area contributed by atoms with Gasteiger partial charge in [0.1, 0.15) is 5.72 Å². The van der Waals surface area contributed by atoms with E-state index in [1.54, 1.807) is 0 Å². The van der Waals surface area contributed by atoms with Crippen molar-refractivity contribution < 1.29 is 4.74 Å². The van der Waals surface area contributed by atoms with Crippen molar-refractivity contribution in [3.05, 3.63) is 30.1 Å². The van der Waals surface area contributed by atoms with Gasteiger partial charge in [0.25, 0.3) is 0 Å². The van der Waals surface area contributed by atoms with Gasteiger partial charge in [0, 0.05) is 24.6 Å². The van der Waals surface area contributed by atoms with E-state index < -0.39 is 0 Å². The second kappa shape index (κ2) is 2.71. The number of nitrogens with zero attached hydrogens (tertiary/aromatic N) is 1. The standard InChI is InChI=1S/C17H18N2O/c1-2-4-18-7(3-1)6-19-17-14-9-5-8-10-11(9)15(17)13(10)16(20-17)12(8)14/h1-4,8-16,19H,5-6H2/t8-,9+,10-,11+,12+,13+,14-,15+,16-,17+/m0/s1. The van der Waals surface area contributed by atoms with E-state index >= 15 is 0 Å². The van der Waals surface area contributed by atoms with Crippen molar-refractivity contribution in [3.63, 3.8) is 0 Å². The van der Waals surface area contributed by atoms with E-state index in [0.717, 1.165) is 59.6 Å². The first-order chi connectivity index (χ1) is 9.90. The minimum atomic E-state index is 0.0502. The molecule has 1 N–H and O–H groups in total. The van der Waals surface area contributed by atoms with Crippen molar-refractivity contribution >= 4 is 0 Å². The van der Waals surface area contributed by atoms with Gasteiger partial charge in [0.05, 0.1) is 11.8 Å². The summed E-state index contributed by atoms with van der Waals surface area (Å²) in [6, 6.07) is 6.18. The van der Waals surface area contributed by atoms with Crippen molar-refractivity contribution in [3.8, 4) is 0 Å². The fourth-order valence-corrected chi connectivity index (χ4v) is 8.02. The SMILES string of the molecule is c1ccc(CN[C@]23O[C@@H]4[C@@H]5[C@H]6[C@@H]7C[C@H]([C@H]6[C@H]52)[C@H]3[C@@H]74)nc1. The maximum Gasteiger partial charge on any atom is 0.126 e. The van der Waals surface area contributed by atoms with Crippen LogP contribution >= 0.6 is 0 Å². The van der Waals surface area contributed by atoms with E-state index in [1.165, 1.54) is 6.42 Å². The largest absolute Gasteiger partial charge is 0.356 e. The fourth-order valence-electron chi connectivity index (χ4n) is 8.02. The minimum Gasteiger partial charge on any atom is -0.356 e. The summed E-state index contributed by atoms with van der Waals surface area (Å²) >= 11 is 0. The van der Waals surface area contributed by atoms with Crippen molar-refractivity contribution in [2.45, 2.75) is 24.8 Å². The fraction of sp³-hybridized carbons (Fsp3) is 0.706. The van der Waals surface area contributed by atoms with Crippen LogP contribution in [0.3, 0.4) is 0 Å². The smallest absolute Gasteiger partial charge is 0.126 e. The number of hydrogen-bond acceptors (Lipinski definition) is 3. The lowest BCUT2D eigenvalue weighted by Gasteiger charge is -2.45. The number of pyridine rings is 1. The zero-order valence-corrected chi connectivity index (χ0v) is 11.3. The monoisotopic (exact) mass is 266 g/mol. The maximum atomic E-state index is 6.64. The molecular formula is C17H18N2O. The zero-order valence-electron chi connectivity index (χ0n) is 11.3. The summed E-state index contributed by atoms with van der Waals surface area (Å²) in [7, 11) is 0. The zero-order chi connectivity index (χ0) is 12.6. The molecule has 0 radical (unpaired) electrons. The lowest BCUT2D eigenvalue weighted by Crippen LogP contribution is -2.56. The van der Waals surface area contributed by atoms with Gasteiger partial charge in [-0.05, 0) is 54.1 Å². The lowest BCUT2D eigenvalue weighted by molar-refractivity contribution is -0.0593. The van der Waals surface area contributed by atoms with Gasteiger partial charge < -0.3 is 4.74 Å². The Hall–Kier alpha value is -0.930. The van der Waals surface area contributed by atoms with Crippen LogP contribution in [0.1, 0.15) is 12.1 Å². The molecule has 10 atom stereocenters. The Balaban J connectivity index is 1.29. The van der Waals surface area contributed by atoms with Gasteiger partial charge in [0.15, 0.2) is 0 Å². The molecule has 0 amide bonds. The number of rotatable bonds is 3. The van der Waals surface area contributed by atoms with Crippen molar-refractivity contribution in [2.75, 3.05) is 0 Å². The summed E-state index contributed by atoms with van der Waals surface area (Å²) in [4.78, 5) is 4.46. The molecule has 0 spiro atoms. The highest BCUT2D eigenvalue weighted by Crippen LogP contribution is 2.89. The van der Waals surface area contributed by atoms with Crippen molar-refractivity contribution in [2.24, 2.45) is 47.3 Å². The van der Waals surface area contributed by atoms with Gasteiger partial charge in [-0.25, -0.2) is 0 Å². The quantitative estimate of drug-likeness (QED) is 0.903. The van der Waals surface area contributed by atoms with E-state index in [4.69, 9.17) is 4.74 Å². The predicted molar refractivity (Wildman–Crippen MR) is 71.2 cm³/mol. The second-order valence-electron chi connectivity index (χ2n) is 7.97. The van der Waals surface area contributed by atoms with Gasteiger partial charge in [-0.3, -0.25) is 10.3 Å². The van der Waals surface area contributed by atoms with E-state index in [2.05, 4.69) is 22.4 Å². The summed E-state index contributed by atoms with van der Waals surface area (Å²) in [5.41, 5.74) is 1.20. The van der Waals surface area contributed by atoms with Crippen molar-refractivity contribution in [1.29, 1.82) is 0 Å². The molecule has 5 saturated carbocycles. The molecule has 7 fully saturated rings. The number of hydrogen-bond donors (Lipinski definition) is 1. The van der Waals surface area contributed by atoms with Crippen molar-refractivity contribution in [1.82, 2.24) is 10.3 Å². The third kappa shape index (κ3) is 0.723. The minimum absolute atomic E-state index is 0.0502. The molecule has 4 bridgehead atoms. The van der Waals surface area contributed by atoms with Crippen LogP contribution in [0.25, 0.3) is 0 Å². The molecule has 3 nitrogen and oxygen atoms in total. The second-order valence-corrected chi connectivity index (χ2v) is 7.97. The molecule has 5 aliphatic carbocycles. The van der Waals surface area contributed by atoms with Gasteiger partial charge >= 0.3 is 0 Å². The summed E-state index contributed by atoms with van der Waals surface area (Å²) in [5, 5.41) is 3.86. The third-order valence-electron chi connectivity index (χ3n) is 7.97. The predicted octanol–water partition coefficient (Wildman–Crippen LogP) is 1.65. The molecule has 2 saturated heterocycles. The van der Waals surface area contributed by atoms with E-state index in [1.807, 2.05) is 12.3 Å². The van der Waals surface area contributed by atoms with Crippen LogP contribution in [0.5, 0.6) is 0 Å². The number of aromatic nitrogens is 1. The Labute approximate surface area is 118 Å². The molecule has 0 aromatic carbocycles. The molecule has 102 valence electrons. The Kier molecular flexibility index (Phi) is 1.34. The van der Waals surface area contributed by atoms with Gasteiger partial charge in [0.2, 0.25) is 0 Å². The first kappa shape index (κ1) is 9.91. The first-order valence-electron chi connectivity index (χ1n) is 8.23. The Bertz CT molecular complexity index is 623. The molecule has 0 unspecified atom stereocenters. The summed E-state index contributed by atoms with van der Waals surface area (Å²) in [5.74, 6) is 7.66. The van der Waals surface area contributed by atoms with Crippen LogP contribution in [-0.4, -0.2) is 16.8 Å². The van der Waals surface area contributed by atoms with Crippen LogP contribution in [0.2, 0.25) is 0 Å². The number of nitrogens with one attached hydrogen (secondary N) is 1. The molecule has 1 aromatic rings. The molecule has 8 rings (SSSR count). The van der Waals surface area contributed by atoms with Gasteiger partial charge in [-0.1, -0.05) is 6.07 Å². The average molecular weight is 266 g/mol. The number of ether oxygens (including phenoxy) is 1. The normalized spacial score (nSPS) is 64.7. The highest BCUT2D eigenvalue weighted by Gasteiger charge is 2.92. The molecule has 2 aliphatic heterocycles. The Morgan fingerprint density at radius 3 is 3.05 bits per heavy atom. The van der Waals surface area contributed by atoms with E-state index in [9.17, 15) is 0 Å². The molecule has 20 heavy (non-hydrogen) atoms. The Morgan fingerprint density at radius 1 is 1.15 bits per heavy atom. The topological polar surface area (TPSA) is 34.1 Å². The van der Waals surface area contributed by atoms with Crippen LogP contribution in [0.4, 0.5) is 0 Å². The summed E-state index contributed by atoms with van der Waals surface area (Å²) in [6.07, 6.45) is 4.05. The van der Waals surface area contributed by atoms with Crippen LogP contribution < -0.4 is 5.32 Å². The summed E-state index contributed by atoms with van der Waals surface area (Å²) < 4.78 is 6.64. The molecule has 1 aromatic heterocycles. The molecule has 3 heterocycles. The molecule has 7 aliphatic rings. The third-order valence-corrected chi connectivity index (χ3v) is 7.97. The highest BCUT2D eigenvalue weighted by molar-refractivity contribution is 5.38. The summed E-state index contributed by atoms with van der Waals surface area (Å²) in [6.45, 7) is 0.870. The highest BCUT2D eigenvalue weighted by atomic mass is 16.5. The van der Waals surface area contributed by atoms with E-state index in [-0.39, 0.29) is 5.72 Å². The van der Waals surface area contributed by atoms with Crippen LogP contribution in [0, 0.1) is 47.3 Å². The maximum absolute atomic E-state index is 6.64. The van der Waals surface area contributed by atoms with E-state index in [0.29, 0.717) is 6.10 Å². The molecular weight excluding hydrogens is 248 g/mol. The van der Waals surface area contributed by atoms with Gasteiger partial charge in [-0.2, -0.15) is 0 Å². The lowest BCUT2D eigenvalue weighted by atomic mass is 9.59. The van der Waals surface area contributed by atoms with Gasteiger partial charge in [-0.15, -0.1) is 0 Å². The molecule has 3 heteroatoms. The van der Waals surface area contributed by atoms with Crippen LogP contribution in [-0.2, 0) is 11.3 Å². The Morgan fingerprint density at radius 2 is 2.15 bits per heavy atom.